The number of hydrogen-bond donors (Lipinski definition) is 1. The highest BCUT2D eigenvalue weighted by molar-refractivity contribution is 5.87. The number of carboxylic acids is 1. The Bertz CT molecular complexity index is 935. The third-order valence-corrected chi connectivity index (χ3v) is 7.12. The molecule has 1 aliphatic heterocycles. The lowest BCUT2D eigenvalue weighted by Crippen LogP contribution is -2.35. The molecule has 1 N–H and O–H groups in total. The number of carbonyl (C=O) groups is 1. The van der Waals surface area contributed by atoms with Crippen LogP contribution in [0.1, 0.15) is 64.9 Å². The van der Waals surface area contributed by atoms with Crippen LogP contribution in [-0.4, -0.2) is 47.4 Å². The number of nitrogens with zero attached hydrogens (tertiary/aromatic N) is 1. The van der Waals surface area contributed by atoms with E-state index >= 15 is 0 Å². The van der Waals surface area contributed by atoms with Crippen molar-refractivity contribution in [2.75, 3.05) is 19.7 Å². The molecule has 33 heavy (non-hydrogen) atoms. The maximum Gasteiger partial charge on any atom is 0.306 e. The van der Waals surface area contributed by atoms with Crippen molar-refractivity contribution >= 4 is 16.7 Å². The van der Waals surface area contributed by atoms with E-state index in [2.05, 4.69) is 62.1 Å². The van der Waals surface area contributed by atoms with Gasteiger partial charge in [-0.25, -0.2) is 0 Å². The minimum Gasteiger partial charge on any atom is -0.490 e. The minimum absolute atomic E-state index is 0.0633. The van der Waals surface area contributed by atoms with Crippen molar-refractivity contribution in [3.8, 4) is 5.75 Å². The van der Waals surface area contributed by atoms with Crippen molar-refractivity contribution in [2.24, 2.45) is 11.8 Å². The normalized spacial score (nSPS) is 23.0. The Hall–Kier alpha value is -2.11. The molecule has 0 bridgehead atoms. The molecule has 1 heterocycles. The second-order valence-corrected chi connectivity index (χ2v) is 10.9. The second-order valence-electron chi connectivity index (χ2n) is 10.9. The summed E-state index contributed by atoms with van der Waals surface area (Å²) in [4.78, 5) is 13.6. The van der Waals surface area contributed by atoms with Crippen molar-refractivity contribution in [3.05, 3.63) is 42.0 Å². The van der Waals surface area contributed by atoms with Crippen LogP contribution in [0, 0.1) is 11.8 Å². The molecule has 2 fully saturated rings. The zero-order valence-electron chi connectivity index (χ0n) is 20.4. The summed E-state index contributed by atoms with van der Waals surface area (Å²) in [6, 6.07) is 12.9. The van der Waals surface area contributed by atoms with E-state index < -0.39 is 5.97 Å². The average molecular weight is 454 g/mol. The number of hydrogen-bond acceptors (Lipinski definition) is 4. The zero-order chi connectivity index (χ0) is 23.4. The van der Waals surface area contributed by atoms with E-state index in [9.17, 15) is 9.90 Å². The molecule has 0 unspecified atom stereocenters. The van der Waals surface area contributed by atoms with Crippen molar-refractivity contribution in [3.63, 3.8) is 0 Å². The number of likely N-dealkylation sites (tertiary alicyclic amines) is 1. The Kier molecular flexibility index (Phi) is 7.60. The van der Waals surface area contributed by atoms with Crippen LogP contribution in [0.2, 0.25) is 0 Å². The molecule has 2 aromatic rings. The topological polar surface area (TPSA) is 59.0 Å². The van der Waals surface area contributed by atoms with Crippen LogP contribution in [-0.2, 0) is 16.1 Å². The molecule has 2 aliphatic rings. The standard InChI is InChI=1S/C28H39NO4/c1-28(2,3)32-19-20-7-9-24(10-8-20)33-25-11-12-26-22(17-25)5-4-6-23(26)18-29-15-13-21(14-16-29)27(30)31/h4-6,11-12,17,20-21,24H,7-10,13-16,18-19H2,1-3H3,(H,30,31)/t20-,24-. The van der Waals surface area contributed by atoms with Crippen LogP contribution in [0.3, 0.4) is 0 Å². The van der Waals surface area contributed by atoms with Gasteiger partial charge in [0, 0.05) is 6.54 Å². The molecule has 0 amide bonds. The molecule has 5 nitrogen and oxygen atoms in total. The van der Waals surface area contributed by atoms with Gasteiger partial charge in [0.1, 0.15) is 5.75 Å². The van der Waals surface area contributed by atoms with E-state index in [1.54, 1.807) is 0 Å². The van der Waals surface area contributed by atoms with Gasteiger partial charge in [0.25, 0.3) is 0 Å². The molecule has 0 atom stereocenters. The summed E-state index contributed by atoms with van der Waals surface area (Å²) in [6.07, 6.45) is 6.26. The molecule has 5 heteroatoms. The summed E-state index contributed by atoms with van der Waals surface area (Å²) < 4.78 is 12.4. The molecule has 0 aromatic heterocycles. The predicted octanol–water partition coefficient (Wildman–Crippen LogP) is 5.89. The lowest BCUT2D eigenvalue weighted by atomic mass is 9.88. The molecule has 2 aromatic carbocycles. The molecule has 0 spiro atoms. The monoisotopic (exact) mass is 453 g/mol. The van der Waals surface area contributed by atoms with Crippen LogP contribution in [0.4, 0.5) is 0 Å². The van der Waals surface area contributed by atoms with Gasteiger partial charge in [0.15, 0.2) is 0 Å². The fraction of sp³-hybridized carbons (Fsp3) is 0.607. The van der Waals surface area contributed by atoms with Crippen LogP contribution in [0.5, 0.6) is 5.75 Å². The van der Waals surface area contributed by atoms with Crippen LogP contribution in [0.15, 0.2) is 36.4 Å². The maximum absolute atomic E-state index is 11.2. The SMILES string of the molecule is CC(C)(C)OC[C@H]1CC[C@H](Oc2ccc3c(CN4CCC(C(=O)O)CC4)cccc3c2)CC1. The van der Waals surface area contributed by atoms with Gasteiger partial charge in [-0.3, -0.25) is 9.69 Å². The highest BCUT2D eigenvalue weighted by Crippen LogP contribution is 2.31. The molecule has 0 radical (unpaired) electrons. The average Bonchev–Trinajstić information content (AvgIpc) is 2.78. The van der Waals surface area contributed by atoms with Gasteiger partial charge in [0.2, 0.25) is 0 Å². The molecular formula is C28H39NO4. The summed E-state index contributed by atoms with van der Waals surface area (Å²) in [7, 11) is 0. The Morgan fingerprint density at radius 2 is 1.76 bits per heavy atom. The Morgan fingerprint density at radius 1 is 1.03 bits per heavy atom. The Labute approximate surface area is 198 Å². The number of fused-ring (bicyclic) bond motifs is 1. The smallest absolute Gasteiger partial charge is 0.306 e. The first kappa shape index (κ1) is 24.0. The first-order chi connectivity index (χ1) is 15.8. The number of rotatable bonds is 7. The lowest BCUT2D eigenvalue weighted by Gasteiger charge is -2.31. The Balaban J connectivity index is 1.32. The summed E-state index contributed by atoms with van der Waals surface area (Å²) in [5.41, 5.74) is 1.24. The van der Waals surface area contributed by atoms with Crippen LogP contribution >= 0.6 is 0 Å². The van der Waals surface area contributed by atoms with E-state index in [1.165, 1.54) is 16.3 Å². The third-order valence-electron chi connectivity index (χ3n) is 7.12. The van der Waals surface area contributed by atoms with E-state index in [0.717, 1.165) is 70.5 Å². The van der Waals surface area contributed by atoms with Gasteiger partial charge < -0.3 is 14.6 Å². The summed E-state index contributed by atoms with van der Waals surface area (Å²) >= 11 is 0. The molecule has 180 valence electrons. The fourth-order valence-corrected chi connectivity index (χ4v) is 5.10. The molecule has 1 aliphatic carbocycles. The van der Waals surface area contributed by atoms with Gasteiger partial charge in [-0.2, -0.15) is 0 Å². The van der Waals surface area contributed by atoms with Crippen molar-refractivity contribution in [1.29, 1.82) is 0 Å². The number of carboxylic acid groups (broad SMARTS) is 1. The quantitative estimate of drug-likeness (QED) is 0.566. The number of ether oxygens (including phenoxy) is 2. The highest BCUT2D eigenvalue weighted by Gasteiger charge is 2.26. The molecular weight excluding hydrogens is 414 g/mol. The van der Waals surface area contributed by atoms with Crippen LogP contribution in [0.25, 0.3) is 10.8 Å². The summed E-state index contributed by atoms with van der Waals surface area (Å²) in [6.45, 7) is 9.76. The molecule has 1 saturated carbocycles. The van der Waals surface area contributed by atoms with Crippen molar-refractivity contribution < 1.29 is 19.4 Å². The van der Waals surface area contributed by atoms with E-state index in [0.29, 0.717) is 5.92 Å². The third kappa shape index (κ3) is 6.70. The molecule has 4 rings (SSSR count). The summed E-state index contributed by atoms with van der Waals surface area (Å²) in [5.74, 6) is 0.758. The van der Waals surface area contributed by atoms with Crippen molar-refractivity contribution in [1.82, 2.24) is 4.90 Å². The molecule has 1 saturated heterocycles. The number of benzene rings is 2. The second kappa shape index (κ2) is 10.4. The number of piperidine rings is 1. The van der Waals surface area contributed by atoms with E-state index in [4.69, 9.17) is 9.47 Å². The largest absolute Gasteiger partial charge is 0.490 e. The fourth-order valence-electron chi connectivity index (χ4n) is 5.10. The maximum atomic E-state index is 11.2. The Morgan fingerprint density at radius 3 is 2.42 bits per heavy atom. The lowest BCUT2D eigenvalue weighted by molar-refractivity contribution is -0.143. The number of aliphatic carboxylic acids is 1. The highest BCUT2D eigenvalue weighted by atomic mass is 16.5. The first-order valence-electron chi connectivity index (χ1n) is 12.5. The van der Waals surface area contributed by atoms with Gasteiger partial charge in [-0.1, -0.05) is 24.3 Å². The van der Waals surface area contributed by atoms with Gasteiger partial charge in [-0.15, -0.1) is 0 Å². The van der Waals surface area contributed by atoms with E-state index in [1.807, 2.05) is 0 Å². The van der Waals surface area contributed by atoms with Gasteiger partial charge in [0.05, 0.1) is 24.2 Å². The predicted molar refractivity (Wildman–Crippen MR) is 132 cm³/mol. The van der Waals surface area contributed by atoms with Crippen molar-refractivity contribution in [2.45, 2.75) is 77.5 Å². The first-order valence-corrected chi connectivity index (χ1v) is 12.5. The zero-order valence-corrected chi connectivity index (χ0v) is 20.4. The summed E-state index contributed by atoms with van der Waals surface area (Å²) in [5, 5.41) is 11.7. The van der Waals surface area contributed by atoms with Crippen LogP contribution < -0.4 is 4.74 Å². The minimum atomic E-state index is -0.654. The van der Waals surface area contributed by atoms with Gasteiger partial charge >= 0.3 is 5.97 Å². The van der Waals surface area contributed by atoms with Gasteiger partial charge in [-0.05, 0) is 107 Å². The van der Waals surface area contributed by atoms with E-state index in [-0.39, 0.29) is 17.6 Å².